The van der Waals surface area contributed by atoms with Crippen LogP contribution in [0.3, 0.4) is 0 Å². The van der Waals surface area contributed by atoms with Crippen LogP contribution in [0.1, 0.15) is 38.2 Å². The Kier molecular flexibility index (Phi) is 7.53. The van der Waals surface area contributed by atoms with Gasteiger partial charge in [0.15, 0.2) is 6.29 Å². The van der Waals surface area contributed by atoms with Crippen LogP contribution in [0.4, 0.5) is 4.79 Å². The summed E-state index contributed by atoms with van der Waals surface area (Å²) in [7, 11) is 3.31. The number of ether oxygens (including phenoxy) is 3. The molecule has 1 heterocycles. The third-order valence-electron chi connectivity index (χ3n) is 4.78. The number of amides is 1. The van der Waals surface area contributed by atoms with Crippen LogP contribution in [0, 0.1) is 5.92 Å². The van der Waals surface area contributed by atoms with E-state index in [4.69, 9.17) is 14.2 Å². The molecule has 2 atom stereocenters. The highest BCUT2D eigenvalue weighted by Crippen LogP contribution is 2.28. The van der Waals surface area contributed by atoms with E-state index in [1.807, 2.05) is 35.2 Å². The molecular weight excluding hydrogens is 306 g/mol. The van der Waals surface area contributed by atoms with Crippen LogP contribution >= 0.6 is 0 Å². The molecule has 0 unspecified atom stereocenters. The standard InChI is InChI=1S/C19H29NO4/c1-15(11-12-18(22-2)23-3)17-10-7-13-20(17)19(21)24-14-16-8-5-4-6-9-16/h4-6,8-9,15,17-18H,7,10-14H2,1-3H3/t15-,17+/m1/s1. The molecule has 1 aliphatic heterocycles. The van der Waals surface area contributed by atoms with Crippen molar-refractivity contribution >= 4 is 6.09 Å². The summed E-state index contributed by atoms with van der Waals surface area (Å²) in [6.45, 7) is 3.29. The first-order valence-electron chi connectivity index (χ1n) is 8.68. The highest BCUT2D eigenvalue weighted by atomic mass is 16.7. The summed E-state index contributed by atoms with van der Waals surface area (Å²) in [6.07, 6.45) is 3.48. The van der Waals surface area contributed by atoms with Gasteiger partial charge in [-0.1, -0.05) is 37.3 Å². The van der Waals surface area contributed by atoms with Gasteiger partial charge in [0.25, 0.3) is 0 Å². The molecule has 1 saturated heterocycles. The minimum atomic E-state index is -0.205. The first-order chi connectivity index (χ1) is 11.7. The van der Waals surface area contributed by atoms with Gasteiger partial charge in [0.05, 0.1) is 0 Å². The van der Waals surface area contributed by atoms with Gasteiger partial charge in [0.2, 0.25) is 0 Å². The maximum Gasteiger partial charge on any atom is 0.410 e. The molecule has 1 aromatic carbocycles. The van der Waals surface area contributed by atoms with Crippen LogP contribution in [0.15, 0.2) is 30.3 Å². The monoisotopic (exact) mass is 335 g/mol. The van der Waals surface area contributed by atoms with Crippen LogP contribution in [0.5, 0.6) is 0 Å². The second kappa shape index (κ2) is 9.64. The zero-order valence-corrected chi connectivity index (χ0v) is 14.9. The summed E-state index contributed by atoms with van der Waals surface area (Å²) in [4.78, 5) is 14.3. The number of rotatable bonds is 8. The van der Waals surface area contributed by atoms with Gasteiger partial charge in [-0.25, -0.2) is 4.79 Å². The summed E-state index contributed by atoms with van der Waals surface area (Å²) in [5.74, 6) is 0.393. The zero-order valence-electron chi connectivity index (χ0n) is 14.9. The first kappa shape index (κ1) is 18.7. The van der Waals surface area contributed by atoms with Crippen LogP contribution in [-0.4, -0.2) is 44.1 Å². The normalized spacial score (nSPS) is 18.8. The van der Waals surface area contributed by atoms with Gasteiger partial charge >= 0.3 is 6.09 Å². The van der Waals surface area contributed by atoms with E-state index in [2.05, 4.69) is 6.92 Å². The fourth-order valence-corrected chi connectivity index (χ4v) is 3.34. The van der Waals surface area contributed by atoms with Crippen molar-refractivity contribution in [2.24, 2.45) is 5.92 Å². The van der Waals surface area contributed by atoms with Gasteiger partial charge in [-0.2, -0.15) is 0 Å². The van der Waals surface area contributed by atoms with E-state index in [1.165, 1.54) is 0 Å². The summed E-state index contributed by atoms with van der Waals surface area (Å²) in [5, 5.41) is 0. The highest BCUT2D eigenvalue weighted by molar-refractivity contribution is 5.68. The van der Waals surface area contributed by atoms with Crippen LogP contribution in [0.25, 0.3) is 0 Å². The van der Waals surface area contributed by atoms with E-state index in [0.29, 0.717) is 12.5 Å². The molecule has 1 aromatic rings. The highest BCUT2D eigenvalue weighted by Gasteiger charge is 2.33. The molecular formula is C19H29NO4. The Hall–Kier alpha value is -1.59. The molecule has 5 nitrogen and oxygen atoms in total. The van der Waals surface area contributed by atoms with E-state index in [0.717, 1.165) is 37.8 Å². The second-order valence-electron chi connectivity index (χ2n) is 6.40. The van der Waals surface area contributed by atoms with Gasteiger partial charge in [-0.15, -0.1) is 0 Å². The van der Waals surface area contributed by atoms with E-state index in [1.54, 1.807) is 14.2 Å². The van der Waals surface area contributed by atoms with Gasteiger partial charge in [0.1, 0.15) is 6.61 Å². The molecule has 0 radical (unpaired) electrons. The molecule has 1 aliphatic rings. The molecule has 0 saturated carbocycles. The summed E-state index contributed by atoms with van der Waals surface area (Å²) >= 11 is 0. The fourth-order valence-electron chi connectivity index (χ4n) is 3.34. The number of carbonyl (C=O) groups excluding carboxylic acids is 1. The number of hydrogen-bond acceptors (Lipinski definition) is 4. The minimum Gasteiger partial charge on any atom is -0.445 e. The SMILES string of the molecule is COC(CC[C@@H](C)[C@@H]1CCCN1C(=O)OCc1ccccc1)OC. The number of hydrogen-bond donors (Lipinski definition) is 0. The lowest BCUT2D eigenvalue weighted by Crippen LogP contribution is -2.39. The van der Waals surface area contributed by atoms with Gasteiger partial charge in [0, 0.05) is 26.8 Å². The van der Waals surface area contributed by atoms with E-state index < -0.39 is 0 Å². The smallest absolute Gasteiger partial charge is 0.410 e. The number of nitrogens with zero attached hydrogens (tertiary/aromatic N) is 1. The van der Waals surface area contributed by atoms with E-state index in [-0.39, 0.29) is 18.4 Å². The molecule has 0 N–H and O–H groups in total. The Morgan fingerprint density at radius 2 is 1.92 bits per heavy atom. The lowest BCUT2D eigenvalue weighted by molar-refractivity contribution is -0.109. The summed E-state index contributed by atoms with van der Waals surface area (Å²) < 4.78 is 16.0. The molecule has 5 heteroatoms. The van der Waals surface area contributed by atoms with Crippen molar-refractivity contribution in [1.82, 2.24) is 4.90 Å². The molecule has 1 fully saturated rings. The molecule has 0 bridgehead atoms. The Labute approximate surface area is 144 Å². The Balaban J connectivity index is 1.83. The van der Waals surface area contributed by atoms with Crippen molar-refractivity contribution in [1.29, 1.82) is 0 Å². The van der Waals surface area contributed by atoms with Crippen molar-refractivity contribution in [3.63, 3.8) is 0 Å². The van der Waals surface area contributed by atoms with Crippen LogP contribution in [-0.2, 0) is 20.8 Å². The molecule has 0 aliphatic carbocycles. The fraction of sp³-hybridized carbons (Fsp3) is 0.632. The number of carbonyl (C=O) groups is 1. The van der Waals surface area contributed by atoms with Gasteiger partial charge in [-0.05, 0) is 37.2 Å². The Morgan fingerprint density at radius 1 is 1.21 bits per heavy atom. The van der Waals surface area contributed by atoms with Crippen molar-refractivity contribution in [3.05, 3.63) is 35.9 Å². The summed E-state index contributed by atoms with van der Waals surface area (Å²) in [6, 6.07) is 10.0. The van der Waals surface area contributed by atoms with E-state index >= 15 is 0 Å². The quantitative estimate of drug-likeness (QED) is 0.678. The Bertz CT molecular complexity index is 489. The Morgan fingerprint density at radius 3 is 2.58 bits per heavy atom. The minimum absolute atomic E-state index is 0.174. The molecule has 1 amide bonds. The average Bonchev–Trinajstić information content (AvgIpc) is 3.11. The number of likely N-dealkylation sites (tertiary alicyclic amines) is 1. The second-order valence-corrected chi connectivity index (χ2v) is 6.40. The molecule has 0 spiro atoms. The van der Waals surface area contributed by atoms with Crippen LogP contribution < -0.4 is 0 Å². The lowest BCUT2D eigenvalue weighted by Gasteiger charge is -2.29. The predicted molar refractivity (Wildman–Crippen MR) is 92.6 cm³/mol. The summed E-state index contributed by atoms with van der Waals surface area (Å²) in [5.41, 5.74) is 1.01. The number of benzene rings is 1. The largest absolute Gasteiger partial charge is 0.445 e. The molecule has 2 rings (SSSR count). The van der Waals surface area contributed by atoms with Gasteiger partial charge in [-0.3, -0.25) is 0 Å². The molecule has 0 aromatic heterocycles. The van der Waals surface area contributed by atoms with Crippen molar-refractivity contribution < 1.29 is 19.0 Å². The topological polar surface area (TPSA) is 48.0 Å². The average molecular weight is 335 g/mol. The maximum absolute atomic E-state index is 12.4. The maximum atomic E-state index is 12.4. The first-order valence-corrected chi connectivity index (χ1v) is 8.68. The van der Waals surface area contributed by atoms with E-state index in [9.17, 15) is 4.79 Å². The number of methoxy groups -OCH3 is 2. The third kappa shape index (κ3) is 5.21. The third-order valence-corrected chi connectivity index (χ3v) is 4.78. The molecule has 134 valence electrons. The van der Waals surface area contributed by atoms with Crippen LogP contribution in [0.2, 0.25) is 0 Å². The predicted octanol–water partition coefficient (Wildman–Crippen LogP) is 3.82. The van der Waals surface area contributed by atoms with Crippen molar-refractivity contribution in [3.8, 4) is 0 Å². The van der Waals surface area contributed by atoms with Gasteiger partial charge < -0.3 is 19.1 Å². The molecule has 24 heavy (non-hydrogen) atoms. The zero-order chi connectivity index (χ0) is 17.4. The van der Waals surface area contributed by atoms with Crippen molar-refractivity contribution in [2.45, 2.75) is 51.5 Å². The van der Waals surface area contributed by atoms with Crippen molar-refractivity contribution in [2.75, 3.05) is 20.8 Å². The lowest BCUT2D eigenvalue weighted by atomic mass is 9.94.